The minimum Gasteiger partial charge on any atom is -0.489 e. The van der Waals surface area contributed by atoms with Crippen LogP contribution in [0.5, 0.6) is 5.75 Å². The molecular formula is C16H26N2O. The number of benzene rings is 1. The monoisotopic (exact) mass is 262 g/mol. The van der Waals surface area contributed by atoms with Gasteiger partial charge in [0, 0.05) is 18.3 Å². The first-order valence-corrected chi connectivity index (χ1v) is 7.35. The molecule has 0 spiro atoms. The lowest BCUT2D eigenvalue weighted by atomic mass is 9.67. The summed E-state index contributed by atoms with van der Waals surface area (Å²) >= 11 is 0. The van der Waals surface area contributed by atoms with E-state index < -0.39 is 0 Å². The van der Waals surface area contributed by atoms with Gasteiger partial charge < -0.3 is 15.8 Å². The Bertz CT molecular complexity index is 419. The number of rotatable bonds is 6. The standard InChI is InChI=1S/C16H26N2O/c1-4-16(8-5-9-16)11-18-13-6-7-14(17)15(10-13)19-12(2)3/h6-7,10,12,18H,4-5,8-9,11,17H2,1-3H3. The molecule has 0 amide bonds. The molecule has 1 aliphatic carbocycles. The van der Waals surface area contributed by atoms with Crippen LogP contribution in [0, 0.1) is 5.41 Å². The highest BCUT2D eigenvalue weighted by Gasteiger charge is 2.34. The summed E-state index contributed by atoms with van der Waals surface area (Å²) in [5.41, 5.74) is 8.25. The lowest BCUT2D eigenvalue weighted by molar-refractivity contribution is 0.145. The zero-order chi connectivity index (χ0) is 13.9. The molecule has 0 saturated heterocycles. The van der Waals surface area contributed by atoms with E-state index in [2.05, 4.69) is 12.2 Å². The molecule has 3 heteroatoms. The predicted molar refractivity (Wildman–Crippen MR) is 81.7 cm³/mol. The topological polar surface area (TPSA) is 47.3 Å². The molecule has 106 valence electrons. The van der Waals surface area contributed by atoms with E-state index in [9.17, 15) is 0 Å². The lowest BCUT2D eigenvalue weighted by Gasteiger charge is -2.41. The highest BCUT2D eigenvalue weighted by molar-refractivity contribution is 5.61. The van der Waals surface area contributed by atoms with E-state index >= 15 is 0 Å². The van der Waals surface area contributed by atoms with E-state index in [0.717, 1.165) is 18.0 Å². The van der Waals surface area contributed by atoms with Crippen molar-refractivity contribution in [2.24, 2.45) is 5.41 Å². The first-order chi connectivity index (χ1) is 9.04. The number of nitrogens with one attached hydrogen (secondary N) is 1. The van der Waals surface area contributed by atoms with Gasteiger partial charge in [-0.25, -0.2) is 0 Å². The van der Waals surface area contributed by atoms with Crippen LogP contribution in [-0.2, 0) is 0 Å². The Morgan fingerprint density at radius 2 is 2.11 bits per heavy atom. The van der Waals surface area contributed by atoms with Crippen LogP contribution in [0.2, 0.25) is 0 Å². The lowest BCUT2D eigenvalue weighted by Crippen LogP contribution is -2.35. The Balaban J connectivity index is 2.00. The number of anilines is 2. The van der Waals surface area contributed by atoms with E-state index in [1.165, 1.54) is 25.7 Å². The minimum absolute atomic E-state index is 0.145. The SMILES string of the molecule is CCC1(CNc2ccc(N)c(OC(C)C)c2)CCC1. The van der Waals surface area contributed by atoms with Gasteiger partial charge in [-0.2, -0.15) is 0 Å². The fourth-order valence-electron chi connectivity index (χ4n) is 2.62. The average molecular weight is 262 g/mol. The van der Waals surface area contributed by atoms with Crippen molar-refractivity contribution in [3.63, 3.8) is 0 Å². The third kappa shape index (κ3) is 3.34. The summed E-state index contributed by atoms with van der Waals surface area (Å²) in [4.78, 5) is 0. The van der Waals surface area contributed by atoms with Gasteiger partial charge in [0.15, 0.2) is 0 Å². The summed E-state index contributed by atoms with van der Waals surface area (Å²) in [6.45, 7) is 7.37. The van der Waals surface area contributed by atoms with E-state index in [1.807, 2.05) is 32.0 Å². The third-order valence-electron chi connectivity index (χ3n) is 4.21. The summed E-state index contributed by atoms with van der Waals surface area (Å²) in [5, 5.41) is 3.54. The molecule has 1 aromatic rings. The molecule has 1 fully saturated rings. The van der Waals surface area contributed by atoms with Crippen LogP contribution < -0.4 is 15.8 Å². The van der Waals surface area contributed by atoms with Crippen molar-refractivity contribution in [2.75, 3.05) is 17.6 Å². The van der Waals surface area contributed by atoms with E-state index in [1.54, 1.807) is 0 Å². The fourth-order valence-corrected chi connectivity index (χ4v) is 2.62. The Labute approximate surface area is 116 Å². The van der Waals surface area contributed by atoms with Crippen molar-refractivity contribution in [2.45, 2.75) is 52.6 Å². The first kappa shape index (κ1) is 14.0. The maximum absolute atomic E-state index is 5.93. The Morgan fingerprint density at radius 1 is 1.37 bits per heavy atom. The van der Waals surface area contributed by atoms with Crippen LogP contribution in [0.15, 0.2) is 18.2 Å². The molecule has 0 unspecified atom stereocenters. The number of hydrogen-bond acceptors (Lipinski definition) is 3. The van der Waals surface area contributed by atoms with Gasteiger partial charge in [-0.3, -0.25) is 0 Å². The van der Waals surface area contributed by atoms with Gasteiger partial charge in [-0.05, 0) is 50.7 Å². The summed E-state index contributed by atoms with van der Waals surface area (Å²) in [6, 6.07) is 5.96. The maximum atomic E-state index is 5.93. The molecule has 0 atom stereocenters. The minimum atomic E-state index is 0.145. The van der Waals surface area contributed by atoms with Crippen molar-refractivity contribution in [3.8, 4) is 5.75 Å². The number of nitrogen functional groups attached to an aromatic ring is 1. The van der Waals surface area contributed by atoms with Gasteiger partial charge >= 0.3 is 0 Å². The van der Waals surface area contributed by atoms with Crippen LogP contribution in [-0.4, -0.2) is 12.6 Å². The Hall–Kier alpha value is -1.38. The summed E-state index contributed by atoms with van der Waals surface area (Å²) in [5.74, 6) is 0.777. The molecule has 0 aliphatic heterocycles. The van der Waals surface area contributed by atoms with Crippen molar-refractivity contribution >= 4 is 11.4 Å². The first-order valence-electron chi connectivity index (χ1n) is 7.35. The average Bonchev–Trinajstić information content (AvgIpc) is 2.31. The highest BCUT2D eigenvalue weighted by atomic mass is 16.5. The summed E-state index contributed by atoms with van der Waals surface area (Å²) in [6.07, 6.45) is 5.47. The third-order valence-corrected chi connectivity index (χ3v) is 4.21. The zero-order valence-electron chi connectivity index (χ0n) is 12.3. The van der Waals surface area contributed by atoms with Crippen LogP contribution in [0.1, 0.15) is 46.5 Å². The number of nitrogens with two attached hydrogens (primary N) is 1. The molecule has 0 bridgehead atoms. The summed E-state index contributed by atoms with van der Waals surface area (Å²) < 4.78 is 5.72. The largest absolute Gasteiger partial charge is 0.489 e. The second-order valence-corrected chi connectivity index (χ2v) is 5.98. The van der Waals surface area contributed by atoms with Gasteiger partial charge in [0.25, 0.3) is 0 Å². The van der Waals surface area contributed by atoms with Crippen LogP contribution >= 0.6 is 0 Å². The van der Waals surface area contributed by atoms with Gasteiger partial charge in [0.05, 0.1) is 11.8 Å². The molecular weight excluding hydrogens is 236 g/mol. The summed E-state index contributed by atoms with van der Waals surface area (Å²) in [7, 11) is 0. The molecule has 3 nitrogen and oxygen atoms in total. The second-order valence-electron chi connectivity index (χ2n) is 5.98. The molecule has 3 N–H and O–H groups in total. The van der Waals surface area contributed by atoms with Crippen molar-refractivity contribution in [1.82, 2.24) is 0 Å². The van der Waals surface area contributed by atoms with E-state index in [4.69, 9.17) is 10.5 Å². The second kappa shape index (κ2) is 5.72. The van der Waals surface area contributed by atoms with Crippen LogP contribution in [0.25, 0.3) is 0 Å². The van der Waals surface area contributed by atoms with Crippen LogP contribution in [0.4, 0.5) is 11.4 Å². The molecule has 1 saturated carbocycles. The molecule has 2 rings (SSSR count). The molecule has 0 heterocycles. The Morgan fingerprint density at radius 3 is 2.63 bits per heavy atom. The molecule has 0 radical (unpaired) electrons. The van der Waals surface area contributed by atoms with Gasteiger partial charge in [-0.1, -0.05) is 13.3 Å². The highest BCUT2D eigenvalue weighted by Crippen LogP contribution is 2.43. The molecule has 0 aromatic heterocycles. The fraction of sp³-hybridized carbons (Fsp3) is 0.625. The predicted octanol–water partition coefficient (Wildman–Crippen LogP) is 4.05. The Kier molecular flexibility index (Phi) is 4.23. The maximum Gasteiger partial charge on any atom is 0.144 e. The zero-order valence-corrected chi connectivity index (χ0v) is 12.3. The van der Waals surface area contributed by atoms with Crippen LogP contribution in [0.3, 0.4) is 0 Å². The molecule has 1 aromatic carbocycles. The van der Waals surface area contributed by atoms with E-state index in [-0.39, 0.29) is 6.10 Å². The smallest absolute Gasteiger partial charge is 0.144 e. The normalized spacial score (nSPS) is 17.1. The quantitative estimate of drug-likeness (QED) is 0.760. The van der Waals surface area contributed by atoms with Crippen molar-refractivity contribution in [3.05, 3.63) is 18.2 Å². The van der Waals surface area contributed by atoms with Crippen molar-refractivity contribution < 1.29 is 4.74 Å². The number of ether oxygens (including phenoxy) is 1. The molecule has 19 heavy (non-hydrogen) atoms. The van der Waals surface area contributed by atoms with Gasteiger partial charge in [0.2, 0.25) is 0 Å². The van der Waals surface area contributed by atoms with Gasteiger partial charge in [0.1, 0.15) is 5.75 Å². The van der Waals surface area contributed by atoms with Crippen molar-refractivity contribution in [1.29, 1.82) is 0 Å². The van der Waals surface area contributed by atoms with E-state index in [0.29, 0.717) is 11.1 Å². The molecule has 1 aliphatic rings. The number of hydrogen-bond donors (Lipinski definition) is 2. The van der Waals surface area contributed by atoms with Gasteiger partial charge in [-0.15, -0.1) is 0 Å².